The summed E-state index contributed by atoms with van der Waals surface area (Å²) in [4.78, 5) is 19.5. The van der Waals surface area contributed by atoms with Crippen molar-refractivity contribution in [2.45, 2.75) is 23.5 Å². The van der Waals surface area contributed by atoms with Crippen LogP contribution in [0, 0.1) is 6.92 Å². The largest absolute Gasteiger partial charge is 0.316 e. The number of halogens is 1. The minimum absolute atomic E-state index is 0.140. The molecule has 0 saturated heterocycles. The molecule has 1 heterocycles. The molecule has 1 aromatic heterocycles. The van der Waals surface area contributed by atoms with E-state index in [0.717, 1.165) is 10.5 Å². The van der Waals surface area contributed by atoms with Crippen molar-refractivity contribution >= 4 is 23.4 Å². The highest BCUT2D eigenvalue weighted by molar-refractivity contribution is 7.99. The number of hydrogen-bond donors (Lipinski definition) is 2. The van der Waals surface area contributed by atoms with Crippen molar-refractivity contribution in [1.29, 1.82) is 0 Å². The summed E-state index contributed by atoms with van der Waals surface area (Å²) in [6.07, 6.45) is 0. The lowest BCUT2D eigenvalue weighted by atomic mass is 10.2. The zero-order valence-corrected chi connectivity index (χ0v) is 12.2. The molecule has 2 aromatic rings. The number of aromatic amines is 1. The van der Waals surface area contributed by atoms with Gasteiger partial charge in [0, 0.05) is 28.2 Å². The molecule has 0 aliphatic heterocycles. The third-order valence-corrected chi connectivity index (χ3v) is 3.68. The quantitative estimate of drug-likeness (QED) is 0.851. The standard InChI is InChI=1S/C13H14ClN3OS/c1-8-5-12(18)17-13(16-8)19-11-4-3-10(14)6-9(11)7-15-2/h3-6,15H,7H2,1-2H3,(H,16,17,18). The van der Waals surface area contributed by atoms with Crippen molar-refractivity contribution in [1.82, 2.24) is 15.3 Å². The Morgan fingerprint density at radius 2 is 2.21 bits per heavy atom. The normalized spacial score (nSPS) is 10.7. The predicted octanol–water partition coefficient (Wildman–Crippen LogP) is 2.60. The Bertz CT molecular complexity index is 642. The van der Waals surface area contributed by atoms with Gasteiger partial charge in [0.05, 0.1) is 0 Å². The lowest BCUT2D eigenvalue weighted by molar-refractivity contribution is 0.802. The Labute approximate surface area is 120 Å². The summed E-state index contributed by atoms with van der Waals surface area (Å²) < 4.78 is 0. The van der Waals surface area contributed by atoms with Gasteiger partial charge in [-0.2, -0.15) is 0 Å². The molecule has 100 valence electrons. The van der Waals surface area contributed by atoms with Crippen LogP contribution in [0.5, 0.6) is 0 Å². The fourth-order valence-corrected chi connectivity index (χ4v) is 2.82. The fourth-order valence-electron chi connectivity index (χ4n) is 1.68. The maximum atomic E-state index is 11.4. The molecule has 0 spiro atoms. The van der Waals surface area contributed by atoms with Gasteiger partial charge in [0.2, 0.25) is 0 Å². The van der Waals surface area contributed by atoms with Crippen LogP contribution < -0.4 is 10.9 Å². The number of hydrogen-bond acceptors (Lipinski definition) is 4. The minimum Gasteiger partial charge on any atom is -0.316 e. The first-order chi connectivity index (χ1) is 9.08. The van der Waals surface area contributed by atoms with Crippen molar-refractivity contribution in [2.24, 2.45) is 0 Å². The molecule has 4 nitrogen and oxygen atoms in total. The molecule has 0 aliphatic rings. The van der Waals surface area contributed by atoms with Gasteiger partial charge in [-0.1, -0.05) is 23.4 Å². The summed E-state index contributed by atoms with van der Waals surface area (Å²) in [5.41, 5.74) is 1.64. The number of aryl methyl sites for hydroxylation is 1. The van der Waals surface area contributed by atoms with Crippen LogP contribution in [-0.4, -0.2) is 17.0 Å². The smallest absolute Gasteiger partial charge is 0.251 e. The Morgan fingerprint density at radius 3 is 2.89 bits per heavy atom. The van der Waals surface area contributed by atoms with Gasteiger partial charge in [0.1, 0.15) is 0 Å². The van der Waals surface area contributed by atoms with Crippen LogP contribution in [0.2, 0.25) is 5.02 Å². The Kier molecular flexibility index (Phi) is 4.63. The highest BCUT2D eigenvalue weighted by Crippen LogP contribution is 2.29. The molecule has 19 heavy (non-hydrogen) atoms. The monoisotopic (exact) mass is 295 g/mol. The summed E-state index contributed by atoms with van der Waals surface area (Å²) in [6, 6.07) is 7.15. The van der Waals surface area contributed by atoms with Gasteiger partial charge >= 0.3 is 0 Å². The van der Waals surface area contributed by atoms with Crippen molar-refractivity contribution in [3.63, 3.8) is 0 Å². The van der Waals surface area contributed by atoms with E-state index in [1.807, 2.05) is 25.2 Å². The molecule has 0 fully saturated rings. The minimum atomic E-state index is -0.140. The van der Waals surface area contributed by atoms with Crippen LogP contribution in [0.25, 0.3) is 0 Å². The lowest BCUT2D eigenvalue weighted by Gasteiger charge is -2.09. The number of rotatable bonds is 4. The summed E-state index contributed by atoms with van der Waals surface area (Å²) in [6.45, 7) is 2.51. The zero-order chi connectivity index (χ0) is 13.8. The second-order valence-electron chi connectivity index (χ2n) is 4.08. The van der Waals surface area contributed by atoms with Gasteiger partial charge in [-0.05, 0) is 37.7 Å². The summed E-state index contributed by atoms with van der Waals surface area (Å²) in [5, 5.41) is 4.38. The van der Waals surface area contributed by atoms with Crippen molar-refractivity contribution in [3.05, 3.63) is 50.9 Å². The van der Waals surface area contributed by atoms with Gasteiger partial charge in [-0.15, -0.1) is 0 Å². The van der Waals surface area contributed by atoms with E-state index in [1.54, 1.807) is 6.92 Å². The van der Waals surface area contributed by atoms with E-state index in [-0.39, 0.29) is 5.56 Å². The molecule has 2 N–H and O–H groups in total. The number of benzene rings is 1. The number of nitrogens with one attached hydrogen (secondary N) is 2. The van der Waals surface area contributed by atoms with E-state index in [0.29, 0.717) is 22.4 Å². The van der Waals surface area contributed by atoms with E-state index < -0.39 is 0 Å². The van der Waals surface area contributed by atoms with Gasteiger partial charge in [0.25, 0.3) is 5.56 Å². The van der Waals surface area contributed by atoms with Gasteiger partial charge in [0.15, 0.2) is 5.16 Å². The first-order valence-corrected chi connectivity index (χ1v) is 6.97. The van der Waals surface area contributed by atoms with Crippen LogP contribution in [0.3, 0.4) is 0 Å². The Morgan fingerprint density at radius 1 is 1.42 bits per heavy atom. The van der Waals surface area contributed by atoms with Crippen molar-refractivity contribution < 1.29 is 0 Å². The van der Waals surface area contributed by atoms with E-state index in [4.69, 9.17) is 11.6 Å². The van der Waals surface area contributed by atoms with E-state index in [9.17, 15) is 4.79 Å². The van der Waals surface area contributed by atoms with Crippen LogP contribution in [0.1, 0.15) is 11.3 Å². The molecule has 0 radical (unpaired) electrons. The highest BCUT2D eigenvalue weighted by atomic mass is 35.5. The SMILES string of the molecule is CNCc1cc(Cl)ccc1Sc1nc(C)cc(=O)[nH]1. The van der Waals surface area contributed by atoms with Gasteiger partial charge in [-0.25, -0.2) is 4.98 Å². The molecule has 0 saturated carbocycles. The van der Waals surface area contributed by atoms with E-state index >= 15 is 0 Å². The second kappa shape index (κ2) is 6.23. The van der Waals surface area contributed by atoms with Crippen LogP contribution in [-0.2, 0) is 6.54 Å². The van der Waals surface area contributed by atoms with E-state index in [1.165, 1.54) is 17.8 Å². The lowest BCUT2D eigenvalue weighted by Crippen LogP contribution is -2.09. The molecule has 0 bridgehead atoms. The maximum Gasteiger partial charge on any atom is 0.251 e. The van der Waals surface area contributed by atoms with E-state index in [2.05, 4.69) is 15.3 Å². The van der Waals surface area contributed by atoms with Crippen LogP contribution in [0.4, 0.5) is 0 Å². The van der Waals surface area contributed by atoms with Gasteiger partial charge in [-0.3, -0.25) is 4.79 Å². The zero-order valence-electron chi connectivity index (χ0n) is 10.7. The number of H-pyrrole nitrogens is 1. The third kappa shape index (κ3) is 3.83. The molecule has 1 aromatic carbocycles. The van der Waals surface area contributed by atoms with Crippen molar-refractivity contribution in [2.75, 3.05) is 7.05 Å². The maximum absolute atomic E-state index is 11.4. The Hall–Kier alpha value is -1.30. The first kappa shape index (κ1) is 14.1. The average Bonchev–Trinajstić information content (AvgIpc) is 2.32. The molecule has 0 atom stereocenters. The third-order valence-electron chi connectivity index (χ3n) is 2.44. The number of aromatic nitrogens is 2. The fraction of sp³-hybridized carbons (Fsp3) is 0.231. The topological polar surface area (TPSA) is 57.8 Å². The second-order valence-corrected chi connectivity index (χ2v) is 5.54. The molecular formula is C13H14ClN3OS. The average molecular weight is 296 g/mol. The predicted molar refractivity (Wildman–Crippen MR) is 77.9 cm³/mol. The molecule has 0 amide bonds. The highest BCUT2D eigenvalue weighted by Gasteiger charge is 2.07. The van der Waals surface area contributed by atoms with Crippen LogP contribution in [0.15, 0.2) is 39.1 Å². The van der Waals surface area contributed by atoms with Gasteiger partial charge < -0.3 is 10.3 Å². The molecule has 2 rings (SSSR count). The van der Waals surface area contributed by atoms with Crippen molar-refractivity contribution in [3.8, 4) is 0 Å². The molecular weight excluding hydrogens is 282 g/mol. The summed E-state index contributed by atoms with van der Waals surface area (Å²) in [7, 11) is 1.88. The molecule has 0 unspecified atom stereocenters. The Balaban J connectivity index is 2.34. The van der Waals surface area contributed by atoms with Crippen LogP contribution >= 0.6 is 23.4 Å². The number of nitrogens with zero attached hydrogens (tertiary/aromatic N) is 1. The summed E-state index contributed by atoms with van der Waals surface area (Å²) >= 11 is 7.42. The molecule has 6 heteroatoms. The molecule has 0 aliphatic carbocycles. The summed E-state index contributed by atoms with van der Waals surface area (Å²) in [5.74, 6) is 0. The first-order valence-electron chi connectivity index (χ1n) is 5.77.